The fourth-order valence-corrected chi connectivity index (χ4v) is 2.03. The molecule has 130 valence electrons. The number of rotatable bonds is 7. The van der Waals surface area contributed by atoms with Gasteiger partial charge in [-0.2, -0.15) is 0 Å². The molecular formula is C18H23ClN2O3. The van der Waals surface area contributed by atoms with Gasteiger partial charge in [-0.25, -0.2) is 0 Å². The number of benzene rings is 2. The van der Waals surface area contributed by atoms with Gasteiger partial charge >= 0.3 is 0 Å². The lowest BCUT2D eigenvalue weighted by atomic mass is 10.1. The van der Waals surface area contributed by atoms with Crippen LogP contribution in [-0.4, -0.2) is 25.1 Å². The Hall–Kier alpha value is -2.24. The Morgan fingerprint density at radius 2 is 1.67 bits per heavy atom. The van der Waals surface area contributed by atoms with Crippen molar-refractivity contribution in [3.63, 3.8) is 0 Å². The summed E-state index contributed by atoms with van der Waals surface area (Å²) in [6.07, 6.45) is 0. The van der Waals surface area contributed by atoms with Gasteiger partial charge in [-0.15, -0.1) is 12.4 Å². The number of amides is 1. The zero-order chi connectivity index (χ0) is 16.7. The van der Waals surface area contributed by atoms with Crippen molar-refractivity contribution in [3.05, 3.63) is 54.1 Å². The van der Waals surface area contributed by atoms with Crippen molar-refractivity contribution in [2.45, 2.75) is 19.9 Å². The summed E-state index contributed by atoms with van der Waals surface area (Å²) >= 11 is 0. The number of para-hydroxylation sites is 3. The second-order valence-corrected chi connectivity index (χ2v) is 5.09. The third-order valence-electron chi connectivity index (χ3n) is 3.23. The Morgan fingerprint density at radius 3 is 2.29 bits per heavy atom. The zero-order valence-corrected chi connectivity index (χ0v) is 14.6. The van der Waals surface area contributed by atoms with Crippen LogP contribution in [0, 0.1) is 0 Å². The molecule has 5 nitrogen and oxygen atoms in total. The highest BCUT2D eigenvalue weighted by molar-refractivity contribution is 5.97. The molecule has 2 aromatic carbocycles. The highest BCUT2D eigenvalue weighted by Gasteiger charge is 2.15. The molecule has 1 atom stereocenters. The lowest BCUT2D eigenvalue weighted by Crippen LogP contribution is -2.37. The number of carbonyl (C=O) groups is 1. The number of hydrogen-bond acceptors (Lipinski definition) is 4. The number of carbonyl (C=O) groups excluding carboxylic acids is 1. The molecule has 0 saturated carbocycles. The molecule has 2 aromatic rings. The summed E-state index contributed by atoms with van der Waals surface area (Å²) in [6.45, 7) is 4.68. The van der Waals surface area contributed by atoms with Crippen molar-refractivity contribution >= 4 is 18.3 Å². The molecule has 2 rings (SSSR count). The van der Waals surface area contributed by atoms with Crippen molar-refractivity contribution in [2.24, 2.45) is 5.73 Å². The standard InChI is InChI=1S/C18H22N2O3.ClH/c1-3-22-16-10-6-7-11-17(16)23-15-9-5-4-8-14(15)18(21)20-13(2)12-19;/h4-11,13H,3,12,19H2,1-2H3,(H,20,21);1H/t13-;/m0./s1. The minimum absolute atomic E-state index is 0. The second kappa shape index (κ2) is 9.80. The normalized spacial score (nSPS) is 11.1. The first-order valence-electron chi connectivity index (χ1n) is 7.65. The van der Waals surface area contributed by atoms with Gasteiger partial charge in [0.2, 0.25) is 0 Å². The van der Waals surface area contributed by atoms with Gasteiger partial charge in [0.05, 0.1) is 12.2 Å². The van der Waals surface area contributed by atoms with E-state index in [1.165, 1.54) is 0 Å². The van der Waals surface area contributed by atoms with E-state index in [-0.39, 0.29) is 24.4 Å². The maximum Gasteiger partial charge on any atom is 0.255 e. The average molecular weight is 351 g/mol. The number of halogens is 1. The van der Waals surface area contributed by atoms with Crippen LogP contribution >= 0.6 is 12.4 Å². The minimum atomic E-state index is -0.215. The first-order chi connectivity index (χ1) is 11.2. The summed E-state index contributed by atoms with van der Waals surface area (Å²) in [5.74, 6) is 1.47. The Balaban J connectivity index is 0.00000288. The van der Waals surface area contributed by atoms with Crippen LogP contribution in [0.2, 0.25) is 0 Å². The summed E-state index contributed by atoms with van der Waals surface area (Å²) in [6, 6.07) is 14.4. The summed E-state index contributed by atoms with van der Waals surface area (Å²) < 4.78 is 11.5. The van der Waals surface area contributed by atoms with Crippen LogP contribution in [0.5, 0.6) is 17.2 Å². The van der Waals surface area contributed by atoms with Gasteiger partial charge in [0.25, 0.3) is 5.91 Å². The molecule has 0 radical (unpaired) electrons. The molecule has 1 amide bonds. The van der Waals surface area contributed by atoms with E-state index in [1.807, 2.05) is 44.2 Å². The molecule has 0 aliphatic rings. The van der Waals surface area contributed by atoms with Crippen molar-refractivity contribution in [1.82, 2.24) is 5.32 Å². The van der Waals surface area contributed by atoms with E-state index in [2.05, 4.69) is 5.32 Å². The number of nitrogens with one attached hydrogen (secondary N) is 1. The van der Waals surface area contributed by atoms with E-state index in [0.717, 1.165) is 0 Å². The van der Waals surface area contributed by atoms with Crippen molar-refractivity contribution in [3.8, 4) is 17.2 Å². The first kappa shape index (κ1) is 19.8. The molecule has 0 aliphatic heterocycles. The smallest absolute Gasteiger partial charge is 0.255 e. The summed E-state index contributed by atoms with van der Waals surface area (Å²) in [7, 11) is 0. The van der Waals surface area contributed by atoms with E-state index >= 15 is 0 Å². The van der Waals surface area contributed by atoms with Crippen molar-refractivity contribution in [2.75, 3.05) is 13.2 Å². The van der Waals surface area contributed by atoms with Crippen LogP contribution in [0.4, 0.5) is 0 Å². The Labute approximate surface area is 148 Å². The van der Waals surface area contributed by atoms with Crippen molar-refractivity contribution < 1.29 is 14.3 Å². The van der Waals surface area contributed by atoms with Crippen LogP contribution in [-0.2, 0) is 0 Å². The van der Waals surface area contributed by atoms with E-state index in [0.29, 0.717) is 36.0 Å². The number of nitrogens with two attached hydrogens (primary N) is 1. The van der Waals surface area contributed by atoms with Gasteiger partial charge in [0, 0.05) is 12.6 Å². The Kier molecular flexibility index (Phi) is 8.09. The first-order valence-corrected chi connectivity index (χ1v) is 7.65. The molecule has 3 N–H and O–H groups in total. The molecular weight excluding hydrogens is 328 g/mol. The van der Waals surface area contributed by atoms with Gasteiger partial charge in [-0.3, -0.25) is 4.79 Å². The Bertz CT molecular complexity index is 664. The molecule has 0 fully saturated rings. The predicted molar refractivity (Wildman–Crippen MR) is 97.4 cm³/mol. The largest absolute Gasteiger partial charge is 0.490 e. The molecule has 0 spiro atoms. The number of hydrogen-bond donors (Lipinski definition) is 2. The third-order valence-corrected chi connectivity index (χ3v) is 3.23. The van der Waals surface area contributed by atoms with Crippen LogP contribution in [0.1, 0.15) is 24.2 Å². The van der Waals surface area contributed by atoms with Gasteiger partial charge < -0.3 is 20.5 Å². The monoisotopic (exact) mass is 350 g/mol. The SMILES string of the molecule is CCOc1ccccc1Oc1ccccc1C(=O)N[C@@H](C)CN.Cl. The minimum Gasteiger partial charge on any atom is -0.490 e. The highest BCUT2D eigenvalue weighted by Crippen LogP contribution is 2.32. The average Bonchev–Trinajstić information content (AvgIpc) is 2.57. The number of ether oxygens (including phenoxy) is 2. The fourth-order valence-electron chi connectivity index (χ4n) is 2.03. The summed E-state index contributed by atoms with van der Waals surface area (Å²) in [5, 5.41) is 2.84. The molecule has 0 bridgehead atoms. The molecule has 0 heterocycles. The second-order valence-electron chi connectivity index (χ2n) is 5.09. The van der Waals surface area contributed by atoms with E-state index in [4.69, 9.17) is 15.2 Å². The maximum atomic E-state index is 12.4. The highest BCUT2D eigenvalue weighted by atomic mass is 35.5. The summed E-state index contributed by atoms with van der Waals surface area (Å²) in [4.78, 5) is 12.4. The summed E-state index contributed by atoms with van der Waals surface area (Å²) in [5.41, 5.74) is 6.01. The molecule has 0 aromatic heterocycles. The predicted octanol–water partition coefficient (Wildman–Crippen LogP) is 3.38. The lowest BCUT2D eigenvalue weighted by molar-refractivity contribution is 0.0939. The van der Waals surface area contributed by atoms with Crippen molar-refractivity contribution in [1.29, 1.82) is 0 Å². The van der Waals surface area contributed by atoms with Gasteiger partial charge in [-0.1, -0.05) is 24.3 Å². The fraction of sp³-hybridized carbons (Fsp3) is 0.278. The Morgan fingerprint density at radius 1 is 1.08 bits per heavy atom. The van der Waals surface area contributed by atoms with Crippen LogP contribution in [0.3, 0.4) is 0 Å². The van der Waals surface area contributed by atoms with Crippen LogP contribution in [0.15, 0.2) is 48.5 Å². The van der Waals surface area contributed by atoms with Crippen LogP contribution < -0.4 is 20.5 Å². The van der Waals surface area contributed by atoms with Gasteiger partial charge in [-0.05, 0) is 38.1 Å². The molecule has 0 saturated heterocycles. The third kappa shape index (κ3) is 5.15. The molecule has 0 aliphatic carbocycles. The quantitative estimate of drug-likeness (QED) is 0.802. The topological polar surface area (TPSA) is 73.6 Å². The maximum absolute atomic E-state index is 12.4. The lowest BCUT2D eigenvalue weighted by Gasteiger charge is -2.16. The zero-order valence-electron chi connectivity index (χ0n) is 13.8. The van der Waals surface area contributed by atoms with E-state index in [9.17, 15) is 4.79 Å². The van der Waals surface area contributed by atoms with Gasteiger partial charge in [0.1, 0.15) is 5.75 Å². The molecule has 6 heteroatoms. The molecule has 24 heavy (non-hydrogen) atoms. The van der Waals surface area contributed by atoms with Crippen LogP contribution in [0.25, 0.3) is 0 Å². The van der Waals surface area contributed by atoms with E-state index in [1.54, 1.807) is 18.2 Å². The molecule has 0 unspecified atom stereocenters. The van der Waals surface area contributed by atoms with E-state index < -0.39 is 0 Å². The van der Waals surface area contributed by atoms with Gasteiger partial charge in [0.15, 0.2) is 11.5 Å².